The van der Waals surface area contributed by atoms with Crippen LogP contribution in [0.2, 0.25) is 0 Å². The average molecular weight is 301 g/mol. The lowest BCUT2D eigenvalue weighted by Crippen LogP contribution is -2.11. The Hall–Kier alpha value is -3.22. The van der Waals surface area contributed by atoms with Crippen molar-refractivity contribution in [3.05, 3.63) is 63.7 Å². The maximum absolute atomic E-state index is 12.1. The fourth-order valence-corrected chi connectivity index (χ4v) is 1.80. The fraction of sp³-hybridized carbons (Fsp3) is 0.0667. The highest BCUT2D eigenvalue weighted by Crippen LogP contribution is 2.29. The zero-order chi connectivity index (χ0) is 16.1. The highest BCUT2D eigenvalue weighted by atomic mass is 16.6. The number of rotatable bonds is 5. The third-order valence-electron chi connectivity index (χ3n) is 2.85. The van der Waals surface area contributed by atoms with Crippen molar-refractivity contribution in [2.45, 2.75) is 0 Å². The standard InChI is InChI=1S/C15H11NO6/c1-21-14-8-10(9-17)6-7-13(14)22-15(18)11-4-2-3-5-12(11)16(19)20/h2-9H,1H3. The van der Waals surface area contributed by atoms with Crippen LogP contribution in [-0.2, 0) is 0 Å². The van der Waals surface area contributed by atoms with E-state index in [1.165, 1.54) is 49.6 Å². The summed E-state index contributed by atoms with van der Waals surface area (Å²) in [7, 11) is 1.35. The number of nitro benzene ring substituents is 1. The smallest absolute Gasteiger partial charge is 0.350 e. The van der Waals surface area contributed by atoms with Gasteiger partial charge in [0, 0.05) is 11.6 Å². The van der Waals surface area contributed by atoms with Gasteiger partial charge in [-0.2, -0.15) is 0 Å². The monoisotopic (exact) mass is 301 g/mol. The number of carbonyl (C=O) groups excluding carboxylic acids is 2. The summed E-state index contributed by atoms with van der Waals surface area (Å²) in [4.78, 5) is 33.1. The van der Waals surface area contributed by atoms with Crippen LogP contribution in [0.1, 0.15) is 20.7 Å². The van der Waals surface area contributed by atoms with E-state index in [1.54, 1.807) is 0 Å². The predicted octanol–water partition coefficient (Wildman–Crippen LogP) is 2.64. The SMILES string of the molecule is COc1cc(C=O)ccc1OC(=O)c1ccccc1[N+](=O)[O-]. The third-order valence-corrected chi connectivity index (χ3v) is 2.85. The molecule has 0 heterocycles. The summed E-state index contributed by atoms with van der Waals surface area (Å²) in [6.45, 7) is 0. The number of carbonyl (C=O) groups is 2. The van der Waals surface area contributed by atoms with Gasteiger partial charge in [0.05, 0.1) is 12.0 Å². The van der Waals surface area contributed by atoms with Gasteiger partial charge in [-0.15, -0.1) is 0 Å². The van der Waals surface area contributed by atoms with E-state index in [0.717, 1.165) is 0 Å². The summed E-state index contributed by atoms with van der Waals surface area (Å²) >= 11 is 0. The Morgan fingerprint density at radius 1 is 1.18 bits per heavy atom. The van der Waals surface area contributed by atoms with E-state index in [9.17, 15) is 19.7 Å². The van der Waals surface area contributed by atoms with Crippen molar-refractivity contribution in [2.75, 3.05) is 7.11 Å². The van der Waals surface area contributed by atoms with E-state index in [2.05, 4.69) is 0 Å². The number of para-hydroxylation sites is 1. The van der Waals surface area contributed by atoms with Gasteiger partial charge in [-0.3, -0.25) is 14.9 Å². The molecule has 2 aromatic rings. The van der Waals surface area contributed by atoms with Crippen molar-refractivity contribution in [1.29, 1.82) is 0 Å². The zero-order valence-electron chi connectivity index (χ0n) is 11.5. The van der Waals surface area contributed by atoms with Crippen LogP contribution in [-0.4, -0.2) is 24.3 Å². The van der Waals surface area contributed by atoms with Crippen LogP contribution in [0, 0.1) is 10.1 Å². The number of hydrogen-bond donors (Lipinski definition) is 0. The van der Waals surface area contributed by atoms with Gasteiger partial charge in [0.2, 0.25) is 0 Å². The molecule has 2 rings (SSSR count). The van der Waals surface area contributed by atoms with Crippen molar-refractivity contribution < 1.29 is 24.0 Å². The van der Waals surface area contributed by atoms with E-state index in [-0.39, 0.29) is 22.7 Å². The fourth-order valence-electron chi connectivity index (χ4n) is 1.80. The minimum absolute atomic E-state index is 0.0660. The highest BCUT2D eigenvalue weighted by Gasteiger charge is 2.22. The molecular formula is C15H11NO6. The molecule has 7 nitrogen and oxygen atoms in total. The van der Waals surface area contributed by atoms with Crippen LogP contribution < -0.4 is 9.47 Å². The van der Waals surface area contributed by atoms with Crippen LogP contribution in [0.5, 0.6) is 11.5 Å². The second-order valence-corrected chi connectivity index (χ2v) is 4.19. The number of ether oxygens (including phenoxy) is 2. The molecule has 0 unspecified atom stereocenters. The molecular weight excluding hydrogens is 290 g/mol. The van der Waals surface area contributed by atoms with Crippen molar-refractivity contribution in [3.8, 4) is 11.5 Å². The molecule has 0 aliphatic heterocycles. The molecule has 0 saturated heterocycles. The number of benzene rings is 2. The number of esters is 1. The first-order chi connectivity index (χ1) is 10.6. The molecule has 0 radical (unpaired) electrons. The molecule has 0 N–H and O–H groups in total. The molecule has 2 aromatic carbocycles. The second-order valence-electron chi connectivity index (χ2n) is 4.19. The lowest BCUT2D eigenvalue weighted by molar-refractivity contribution is -0.385. The van der Waals surface area contributed by atoms with Gasteiger partial charge >= 0.3 is 5.97 Å². The molecule has 0 aromatic heterocycles. The van der Waals surface area contributed by atoms with Crippen LogP contribution in [0.3, 0.4) is 0 Å². The van der Waals surface area contributed by atoms with Crippen LogP contribution in [0.4, 0.5) is 5.69 Å². The van der Waals surface area contributed by atoms with E-state index in [0.29, 0.717) is 11.8 Å². The number of hydrogen-bond acceptors (Lipinski definition) is 6. The lowest BCUT2D eigenvalue weighted by Gasteiger charge is -2.09. The van der Waals surface area contributed by atoms with Gasteiger partial charge in [0.15, 0.2) is 11.5 Å². The largest absolute Gasteiger partial charge is 0.493 e. The minimum Gasteiger partial charge on any atom is -0.493 e. The Kier molecular flexibility index (Phi) is 4.47. The van der Waals surface area contributed by atoms with Crippen molar-refractivity contribution in [3.63, 3.8) is 0 Å². The highest BCUT2D eigenvalue weighted by molar-refractivity contribution is 5.95. The van der Waals surface area contributed by atoms with Crippen LogP contribution in [0.15, 0.2) is 42.5 Å². The van der Waals surface area contributed by atoms with Gasteiger partial charge in [-0.05, 0) is 24.3 Å². The third kappa shape index (κ3) is 3.09. The first kappa shape index (κ1) is 15.2. The van der Waals surface area contributed by atoms with Crippen molar-refractivity contribution in [1.82, 2.24) is 0 Å². The Balaban J connectivity index is 2.34. The van der Waals surface area contributed by atoms with Gasteiger partial charge in [0.1, 0.15) is 11.8 Å². The molecule has 0 aliphatic rings. The second kappa shape index (κ2) is 6.49. The normalized spacial score (nSPS) is 9.86. The maximum Gasteiger partial charge on any atom is 0.350 e. The predicted molar refractivity (Wildman–Crippen MR) is 76.4 cm³/mol. The maximum atomic E-state index is 12.1. The first-order valence-electron chi connectivity index (χ1n) is 6.15. The summed E-state index contributed by atoms with van der Waals surface area (Å²) < 4.78 is 10.2. The van der Waals surface area contributed by atoms with Gasteiger partial charge in [0.25, 0.3) is 5.69 Å². The van der Waals surface area contributed by atoms with E-state index >= 15 is 0 Å². The van der Waals surface area contributed by atoms with Gasteiger partial charge < -0.3 is 9.47 Å². The number of nitrogens with zero attached hydrogens (tertiary/aromatic N) is 1. The van der Waals surface area contributed by atoms with Gasteiger partial charge in [-0.25, -0.2) is 4.79 Å². The Morgan fingerprint density at radius 3 is 2.55 bits per heavy atom. The summed E-state index contributed by atoms with van der Waals surface area (Å²) in [6.07, 6.45) is 0.621. The summed E-state index contributed by atoms with van der Waals surface area (Å²) in [6, 6.07) is 9.68. The van der Waals surface area contributed by atoms with Gasteiger partial charge in [-0.1, -0.05) is 12.1 Å². The van der Waals surface area contributed by atoms with Crippen molar-refractivity contribution >= 4 is 17.9 Å². The first-order valence-corrected chi connectivity index (χ1v) is 6.15. The number of aldehydes is 1. The molecule has 7 heteroatoms. The molecule has 112 valence electrons. The minimum atomic E-state index is -0.885. The van der Waals surface area contributed by atoms with Crippen molar-refractivity contribution in [2.24, 2.45) is 0 Å². The Labute approximate surface area is 125 Å². The van der Waals surface area contributed by atoms with E-state index < -0.39 is 10.9 Å². The van der Waals surface area contributed by atoms with E-state index in [1.807, 2.05) is 0 Å². The molecule has 0 aliphatic carbocycles. The number of nitro groups is 1. The molecule has 0 saturated carbocycles. The summed E-state index contributed by atoms with van der Waals surface area (Å²) in [5, 5.41) is 10.9. The Bertz CT molecular complexity index is 741. The molecule has 22 heavy (non-hydrogen) atoms. The summed E-state index contributed by atoms with van der Waals surface area (Å²) in [5.74, 6) is -0.641. The molecule has 0 atom stereocenters. The molecule has 0 spiro atoms. The summed E-state index contributed by atoms with van der Waals surface area (Å²) in [5.41, 5.74) is -0.174. The van der Waals surface area contributed by atoms with E-state index in [4.69, 9.17) is 9.47 Å². The average Bonchev–Trinajstić information content (AvgIpc) is 2.55. The molecule has 0 fully saturated rings. The molecule has 0 amide bonds. The lowest BCUT2D eigenvalue weighted by atomic mass is 10.2. The quantitative estimate of drug-likeness (QED) is 0.277. The topological polar surface area (TPSA) is 95.7 Å². The molecule has 0 bridgehead atoms. The van der Waals surface area contributed by atoms with Crippen LogP contribution >= 0.6 is 0 Å². The van der Waals surface area contributed by atoms with Crippen LogP contribution in [0.25, 0.3) is 0 Å². The zero-order valence-corrected chi connectivity index (χ0v) is 11.5. The Morgan fingerprint density at radius 2 is 1.91 bits per heavy atom. The number of methoxy groups -OCH3 is 1.